The van der Waals surface area contributed by atoms with Gasteiger partial charge in [0.1, 0.15) is 11.4 Å². The maximum Gasteiger partial charge on any atom is 0.398 e. The molecule has 0 N–H and O–H groups in total. The Labute approximate surface area is 278 Å². The van der Waals surface area contributed by atoms with Gasteiger partial charge in [0, 0.05) is 29.9 Å². The predicted molar refractivity (Wildman–Crippen MR) is 178 cm³/mol. The van der Waals surface area contributed by atoms with Crippen LogP contribution in [0.25, 0.3) is 22.0 Å². The number of hydrazine groups is 1. The third-order valence-corrected chi connectivity index (χ3v) is 7.97. The zero-order chi connectivity index (χ0) is 30.2. The zero-order valence-corrected chi connectivity index (χ0v) is 27.3. The summed E-state index contributed by atoms with van der Waals surface area (Å²) >= 11 is 0. The van der Waals surface area contributed by atoms with Gasteiger partial charge in [-0.2, -0.15) is 0 Å². The molecular weight excluding hydrogens is 675 g/mol. The number of rotatable bonds is 5. The third kappa shape index (κ3) is 5.31. The SMILES string of the molecule is COc1ccc(-n2c3c(c4ccccc4c2=O)N(c2ccccc2)[N+](C)=C(/C=C/C=C2\C=CN(C)c4ccccc42)O3)cc1.[I-]. The second kappa shape index (κ2) is 12.5. The second-order valence-corrected chi connectivity index (χ2v) is 10.6. The Morgan fingerprint density at radius 2 is 1.51 bits per heavy atom. The van der Waals surface area contributed by atoms with Crippen LogP contribution in [0.2, 0.25) is 0 Å². The fourth-order valence-corrected chi connectivity index (χ4v) is 5.77. The summed E-state index contributed by atoms with van der Waals surface area (Å²) in [4.78, 5) is 16.2. The van der Waals surface area contributed by atoms with Gasteiger partial charge < -0.3 is 38.4 Å². The lowest BCUT2D eigenvalue weighted by Crippen LogP contribution is -3.00. The number of para-hydroxylation sites is 2. The Morgan fingerprint density at radius 3 is 2.27 bits per heavy atom. The highest BCUT2D eigenvalue weighted by molar-refractivity contribution is 6.01. The quantitative estimate of drug-likeness (QED) is 0.204. The molecule has 0 unspecified atom stereocenters. The molecule has 224 valence electrons. The molecule has 0 spiro atoms. The van der Waals surface area contributed by atoms with Gasteiger partial charge in [-0.05, 0) is 60.2 Å². The van der Waals surface area contributed by atoms with Crippen molar-refractivity contribution in [2.45, 2.75) is 0 Å². The number of methoxy groups -OCH3 is 1. The molecular formula is C37H31IN4O3. The van der Waals surface area contributed by atoms with Crippen LogP contribution < -0.4 is 48.9 Å². The number of pyridine rings is 1. The molecule has 7 nitrogen and oxygen atoms in total. The first-order valence-electron chi connectivity index (χ1n) is 14.4. The Morgan fingerprint density at radius 1 is 0.822 bits per heavy atom. The number of benzene rings is 4. The number of fused-ring (bicyclic) bond motifs is 4. The van der Waals surface area contributed by atoms with Gasteiger partial charge in [-0.1, -0.05) is 71.4 Å². The van der Waals surface area contributed by atoms with Crippen molar-refractivity contribution in [2.75, 3.05) is 31.1 Å². The lowest BCUT2D eigenvalue weighted by molar-refractivity contribution is -0.509. The lowest BCUT2D eigenvalue weighted by Gasteiger charge is -2.29. The van der Waals surface area contributed by atoms with E-state index in [9.17, 15) is 4.79 Å². The Hall–Kier alpha value is -5.09. The molecule has 8 heteroatoms. The standard InChI is InChI=1S/C37H31N4O3.HI/c1-38-25-24-26(30-15-9-10-18-33(30)38)12-11-19-34-39(2)41(28-13-5-4-6-14-28)35-31-16-7-8-17-32(31)36(42)40(37(35)44-34)27-20-22-29(43-3)23-21-27;/h4-25H,1-3H3;1H/q+1;/p-1. The molecule has 2 aliphatic rings. The van der Waals surface area contributed by atoms with E-state index in [0.29, 0.717) is 28.6 Å². The first-order chi connectivity index (χ1) is 21.5. The molecule has 5 aromatic rings. The van der Waals surface area contributed by atoms with Crippen LogP contribution in [-0.2, 0) is 0 Å². The molecule has 1 aromatic heterocycles. The number of allylic oxidation sites excluding steroid dienone is 4. The lowest BCUT2D eigenvalue weighted by atomic mass is 10.00. The summed E-state index contributed by atoms with van der Waals surface area (Å²) in [6.45, 7) is 0. The van der Waals surface area contributed by atoms with Crippen molar-refractivity contribution in [2.24, 2.45) is 0 Å². The van der Waals surface area contributed by atoms with E-state index >= 15 is 0 Å². The third-order valence-electron chi connectivity index (χ3n) is 7.97. The zero-order valence-electron chi connectivity index (χ0n) is 25.1. The number of hydrogen-bond acceptors (Lipinski definition) is 5. The number of nitrogens with zero attached hydrogens (tertiary/aromatic N) is 4. The Bertz CT molecular complexity index is 2080. The summed E-state index contributed by atoms with van der Waals surface area (Å²) in [5, 5.41) is 3.49. The number of aromatic nitrogens is 1. The van der Waals surface area contributed by atoms with E-state index in [1.165, 1.54) is 0 Å². The normalized spacial score (nSPS) is 14.8. The smallest absolute Gasteiger partial charge is 0.398 e. The Balaban J connectivity index is 0.00000357. The minimum absolute atomic E-state index is 0. The summed E-state index contributed by atoms with van der Waals surface area (Å²) in [7, 11) is 5.63. The minimum Gasteiger partial charge on any atom is -1.00 e. The molecule has 0 saturated heterocycles. The molecule has 0 atom stereocenters. The van der Waals surface area contributed by atoms with Gasteiger partial charge in [-0.3, -0.25) is 4.79 Å². The highest BCUT2D eigenvalue weighted by Crippen LogP contribution is 2.42. The molecule has 3 heterocycles. The number of hydrogen-bond donors (Lipinski definition) is 0. The van der Waals surface area contributed by atoms with E-state index in [-0.39, 0.29) is 29.5 Å². The highest BCUT2D eigenvalue weighted by atomic mass is 127. The van der Waals surface area contributed by atoms with E-state index in [0.717, 1.165) is 33.6 Å². The van der Waals surface area contributed by atoms with Crippen LogP contribution in [0.1, 0.15) is 5.56 Å². The van der Waals surface area contributed by atoms with Gasteiger partial charge in [0.05, 0.1) is 24.3 Å². The van der Waals surface area contributed by atoms with Gasteiger partial charge in [-0.25, -0.2) is 4.57 Å². The van der Waals surface area contributed by atoms with Crippen molar-refractivity contribution in [1.82, 2.24) is 4.57 Å². The fraction of sp³-hybridized carbons (Fsp3) is 0.0811. The average molecular weight is 707 g/mol. The first kappa shape index (κ1) is 30.0. The maximum atomic E-state index is 14.1. The van der Waals surface area contributed by atoms with E-state index in [1.807, 2.05) is 122 Å². The molecule has 2 aliphatic heterocycles. The van der Waals surface area contributed by atoms with Gasteiger partial charge in [0.15, 0.2) is 12.7 Å². The highest BCUT2D eigenvalue weighted by Gasteiger charge is 2.37. The van der Waals surface area contributed by atoms with Gasteiger partial charge >= 0.3 is 5.90 Å². The monoisotopic (exact) mass is 706 g/mol. The summed E-state index contributed by atoms with van der Waals surface area (Å²) in [6, 6.07) is 33.5. The molecule has 0 fully saturated rings. The molecule has 45 heavy (non-hydrogen) atoms. The number of hydrazone groups is 1. The van der Waals surface area contributed by atoms with Crippen molar-refractivity contribution in [3.8, 4) is 17.3 Å². The van der Waals surface area contributed by atoms with E-state index in [2.05, 4.69) is 40.4 Å². The van der Waals surface area contributed by atoms with Crippen LogP contribution in [0.15, 0.2) is 138 Å². The minimum atomic E-state index is -0.166. The van der Waals surface area contributed by atoms with Crippen LogP contribution in [0.4, 0.5) is 17.1 Å². The summed E-state index contributed by atoms with van der Waals surface area (Å²) < 4.78 is 15.7. The molecule has 0 aliphatic carbocycles. The molecule has 7 rings (SSSR count). The summed E-state index contributed by atoms with van der Waals surface area (Å²) in [5.74, 6) is 1.69. The van der Waals surface area contributed by atoms with Gasteiger partial charge in [-0.15, -0.1) is 5.01 Å². The number of halogens is 1. The molecule has 0 radical (unpaired) electrons. The van der Waals surface area contributed by atoms with Crippen molar-refractivity contribution in [3.63, 3.8) is 0 Å². The number of ether oxygens (including phenoxy) is 2. The van der Waals surface area contributed by atoms with Gasteiger partial charge in [0.25, 0.3) is 5.56 Å². The Kier molecular flexibility index (Phi) is 8.32. The predicted octanol–water partition coefficient (Wildman–Crippen LogP) is 4.09. The van der Waals surface area contributed by atoms with Crippen molar-refractivity contribution < 1.29 is 38.1 Å². The summed E-state index contributed by atoms with van der Waals surface area (Å²) in [5.41, 5.74) is 5.60. The molecule has 0 saturated carbocycles. The van der Waals surface area contributed by atoms with Crippen LogP contribution in [0.5, 0.6) is 11.6 Å². The fourth-order valence-electron chi connectivity index (χ4n) is 5.77. The van der Waals surface area contributed by atoms with Crippen LogP contribution in [0, 0.1) is 0 Å². The van der Waals surface area contributed by atoms with Crippen LogP contribution in [-0.4, -0.2) is 36.4 Å². The molecule has 4 aromatic carbocycles. The average Bonchev–Trinajstić information content (AvgIpc) is 3.07. The van der Waals surface area contributed by atoms with E-state index in [1.54, 1.807) is 11.7 Å². The van der Waals surface area contributed by atoms with Crippen molar-refractivity contribution in [3.05, 3.63) is 150 Å². The van der Waals surface area contributed by atoms with Crippen LogP contribution >= 0.6 is 0 Å². The van der Waals surface area contributed by atoms with E-state index < -0.39 is 0 Å². The molecule has 0 amide bonds. The second-order valence-electron chi connectivity index (χ2n) is 10.6. The van der Waals surface area contributed by atoms with Crippen LogP contribution in [0.3, 0.4) is 0 Å². The maximum absolute atomic E-state index is 14.1. The van der Waals surface area contributed by atoms with Crippen molar-refractivity contribution >= 4 is 39.3 Å². The topological polar surface area (TPSA) is 50.0 Å². The van der Waals surface area contributed by atoms with Gasteiger partial charge in [0.2, 0.25) is 5.88 Å². The molecule has 0 bridgehead atoms. The largest absolute Gasteiger partial charge is 1.00 e. The summed E-state index contributed by atoms with van der Waals surface area (Å²) in [6.07, 6.45) is 10.1. The van der Waals surface area contributed by atoms with E-state index in [4.69, 9.17) is 9.47 Å². The van der Waals surface area contributed by atoms with Crippen molar-refractivity contribution in [1.29, 1.82) is 0 Å². The number of anilines is 3. The first-order valence-corrected chi connectivity index (χ1v) is 14.4.